The molecule has 0 spiro atoms. The Labute approximate surface area is 156 Å². The van der Waals surface area contributed by atoms with Crippen LogP contribution in [0.25, 0.3) is 0 Å². The lowest BCUT2D eigenvalue weighted by Gasteiger charge is -2.28. The van der Waals surface area contributed by atoms with Crippen molar-refractivity contribution in [3.05, 3.63) is 48.3 Å². The van der Waals surface area contributed by atoms with Crippen LogP contribution in [-0.4, -0.2) is 37.1 Å². The number of aromatic nitrogens is 1. The molecule has 138 valence electrons. The topological polar surface area (TPSA) is 48.5 Å². The summed E-state index contributed by atoms with van der Waals surface area (Å²) in [5, 5.41) is 2.93. The SMILES string of the molecule is CCN(CC)c1ccc(C(=O)Nc2ccc(N3CCCCC3)cc2)nc1. The summed E-state index contributed by atoms with van der Waals surface area (Å²) in [6, 6.07) is 11.8. The molecule has 1 aromatic heterocycles. The third-order valence-electron chi connectivity index (χ3n) is 4.96. The predicted octanol–water partition coefficient (Wildman–Crippen LogP) is 4.17. The van der Waals surface area contributed by atoms with E-state index in [1.54, 1.807) is 12.3 Å². The smallest absolute Gasteiger partial charge is 0.274 e. The van der Waals surface area contributed by atoms with Crippen LogP contribution in [0.2, 0.25) is 0 Å². The fourth-order valence-electron chi connectivity index (χ4n) is 3.40. The second-order valence-corrected chi connectivity index (χ2v) is 6.62. The number of anilines is 3. The van der Waals surface area contributed by atoms with Crippen LogP contribution in [0.1, 0.15) is 43.6 Å². The van der Waals surface area contributed by atoms with Crippen molar-refractivity contribution < 1.29 is 4.79 Å². The van der Waals surface area contributed by atoms with Crippen molar-refractivity contribution in [2.45, 2.75) is 33.1 Å². The van der Waals surface area contributed by atoms with Gasteiger partial charge in [-0.2, -0.15) is 0 Å². The molecule has 1 aliphatic heterocycles. The Balaban J connectivity index is 1.62. The Kier molecular flexibility index (Phi) is 6.10. The lowest BCUT2D eigenvalue weighted by molar-refractivity contribution is 0.102. The zero-order valence-electron chi connectivity index (χ0n) is 15.7. The Hall–Kier alpha value is -2.56. The fourth-order valence-corrected chi connectivity index (χ4v) is 3.40. The molecule has 0 saturated carbocycles. The number of pyridine rings is 1. The second kappa shape index (κ2) is 8.70. The van der Waals surface area contributed by atoms with Crippen LogP contribution in [0.15, 0.2) is 42.6 Å². The largest absolute Gasteiger partial charge is 0.372 e. The van der Waals surface area contributed by atoms with Gasteiger partial charge in [0.2, 0.25) is 0 Å². The number of carbonyl (C=O) groups is 1. The highest BCUT2D eigenvalue weighted by Gasteiger charge is 2.12. The molecule has 3 rings (SSSR count). The van der Waals surface area contributed by atoms with E-state index in [-0.39, 0.29) is 5.91 Å². The first-order valence-electron chi connectivity index (χ1n) is 9.58. The number of rotatable bonds is 6. The van der Waals surface area contributed by atoms with Crippen molar-refractivity contribution in [1.82, 2.24) is 4.98 Å². The molecule has 0 atom stereocenters. The van der Waals surface area contributed by atoms with E-state index in [2.05, 4.69) is 46.1 Å². The molecule has 1 amide bonds. The van der Waals surface area contributed by atoms with E-state index in [9.17, 15) is 4.79 Å². The molecule has 1 fully saturated rings. The van der Waals surface area contributed by atoms with Crippen molar-refractivity contribution in [2.75, 3.05) is 41.3 Å². The fraction of sp³-hybridized carbons (Fsp3) is 0.429. The Morgan fingerprint density at radius 2 is 1.73 bits per heavy atom. The maximum Gasteiger partial charge on any atom is 0.274 e. The minimum Gasteiger partial charge on any atom is -0.372 e. The first kappa shape index (κ1) is 18.2. The van der Waals surface area contributed by atoms with Gasteiger partial charge in [0.15, 0.2) is 0 Å². The van der Waals surface area contributed by atoms with Crippen LogP contribution in [-0.2, 0) is 0 Å². The Morgan fingerprint density at radius 3 is 2.31 bits per heavy atom. The summed E-state index contributed by atoms with van der Waals surface area (Å²) in [6.07, 6.45) is 5.60. The van der Waals surface area contributed by atoms with Gasteiger partial charge < -0.3 is 15.1 Å². The van der Waals surface area contributed by atoms with Crippen molar-refractivity contribution in [2.24, 2.45) is 0 Å². The number of carbonyl (C=O) groups excluding carboxylic acids is 1. The molecule has 1 aliphatic rings. The monoisotopic (exact) mass is 352 g/mol. The van der Waals surface area contributed by atoms with Crippen LogP contribution in [0.5, 0.6) is 0 Å². The minimum atomic E-state index is -0.179. The van der Waals surface area contributed by atoms with E-state index in [1.807, 2.05) is 18.2 Å². The molecule has 5 heteroatoms. The molecule has 2 aromatic rings. The standard InChI is InChI=1S/C21H28N4O/c1-3-24(4-2)19-12-13-20(22-16-19)21(26)23-17-8-10-18(11-9-17)25-14-6-5-7-15-25/h8-13,16H,3-7,14-15H2,1-2H3,(H,23,26). The molecule has 2 heterocycles. The molecule has 1 aromatic carbocycles. The zero-order chi connectivity index (χ0) is 18.4. The number of piperidine rings is 1. The van der Waals surface area contributed by atoms with Crippen molar-refractivity contribution >= 4 is 23.0 Å². The van der Waals surface area contributed by atoms with Crippen molar-refractivity contribution in [3.63, 3.8) is 0 Å². The minimum absolute atomic E-state index is 0.179. The van der Waals surface area contributed by atoms with Crippen LogP contribution in [0, 0.1) is 0 Å². The number of amides is 1. The van der Waals surface area contributed by atoms with Crippen LogP contribution < -0.4 is 15.1 Å². The molecule has 0 radical (unpaired) electrons. The molecule has 0 unspecified atom stereocenters. The first-order valence-corrected chi connectivity index (χ1v) is 9.58. The highest BCUT2D eigenvalue weighted by atomic mass is 16.1. The summed E-state index contributed by atoms with van der Waals surface area (Å²) in [7, 11) is 0. The molecular weight excluding hydrogens is 324 g/mol. The summed E-state index contributed by atoms with van der Waals surface area (Å²) >= 11 is 0. The Bertz CT molecular complexity index is 702. The van der Waals surface area contributed by atoms with Gasteiger partial charge in [-0.05, 0) is 69.5 Å². The van der Waals surface area contributed by atoms with Crippen molar-refractivity contribution in [3.8, 4) is 0 Å². The van der Waals surface area contributed by atoms with E-state index in [4.69, 9.17) is 0 Å². The molecule has 1 N–H and O–H groups in total. The third-order valence-corrected chi connectivity index (χ3v) is 4.96. The average Bonchev–Trinajstić information content (AvgIpc) is 2.71. The van der Waals surface area contributed by atoms with Crippen LogP contribution >= 0.6 is 0 Å². The van der Waals surface area contributed by atoms with Gasteiger partial charge in [-0.1, -0.05) is 0 Å². The summed E-state index contributed by atoms with van der Waals surface area (Å²) in [6.45, 7) is 8.30. The van der Waals surface area contributed by atoms with Gasteiger partial charge in [-0.3, -0.25) is 4.79 Å². The molecule has 0 bridgehead atoms. The van der Waals surface area contributed by atoms with Crippen molar-refractivity contribution in [1.29, 1.82) is 0 Å². The lowest BCUT2D eigenvalue weighted by Crippen LogP contribution is -2.29. The lowest BCUT2D eigenvalue weighted by atomic mass is 10.1. The van der Waals surface area contributed by atoms with Crippen LogP contribution in [0.3, 0.4) is 0 Å². The average molecular weight is 352 g/mol. The quantitative estimate of drug-likeness (QED) is 0.848. The van der Waals surface area contributed by atoms with E-state index in [0.717, 1.165) is 37.6 Å². The van der Waals surface area contributed by atoms with E-state index < -0.39 is 0 Å². The first-order chi connectivity index (χ1) is 12.7. The zero-order valence-corrected chi connectivity index (χ0v) is 15.7. The van der Waals surface area contributed by atoms with Gasteiger partial charge >= 0.3 is 0 Å². The predicted molar refractivity (Wildman–Crippen MR) is 108 cm³/mol. The normalized spacial score (nSPS) is 14.2. The molecule has 26 heavy (non-hydrogen) atoms. The van der Waals surface area contributed by atoms with E-state index in [0.29, 0.717) is 5.69 Å². The van der Waals surface area contributed by atoms with Gasteiger partial charge in [0.05, 0.1) is 11.9 Å². The van der Waals surface area contributed by atoms with Crippen LogP contribution in [0.4, 0.5) is 17.1 Å². The summed E-state index contributed by atoms with van der Waals surface area (Å²) in [5.74, 6) is -0.179. The summed E-state index contributed by atoms with van der Waals surface area (Å²) < 4.78 is 0. The number of nitrogens with zero attached hydrogens (tertiary/aromatic N) is 3. The molecular formula is C21H28N4O. The second-order valence-electron chi connectivity index (χ2n) is 6.62. The van der Waals surface area contributed by atoms with Gasteiger partial charge in [-0.15, -0.1) is 0 Å². The van der Waals surface area contributed by atoms with Gasteiger partial charge in [-0.25, -0.2) is 4.98 Å². The molecule has 1 saturated heterocycles. The summed E-state index contributed by atoms with van der Waals surface area (Å²) in [4.78, 5) is 21.4. The number of hydrogen-bond donors (Lipinski definition) is 1. The summed E-state index contributed by atoms with van der Waals surface area (Å²) in [5.41, 5.74) is 3.49. The number of nitrogens with one attached hydrogen (secondary N) is 1. The third kappa shape index (κ3) is 4.34. The maximum atomic E-state index is 12.4. The molecule has 0 aliphatic carbocycles. The van der Waals surface area contributed by atoms with E-state index in [1.165, 1.54) is 24.9 Å². The van der Waals surface area contributed by atoms with Gasteiger partial charge in [0, 0.05) is 37.6 Å². The number of benzene rings is 1. The van der Waals surface area contributed by atoms with E-state index >= 15 is 0 Å². The Morgan fingerprint density at radius 1 is 1.04 bits per heavy atom. The van der Waals surface area contributed by atoms with Gasteiger partial charge in [0.1, 0.15) is 5.69 Å². The molecule has 5 nitrogen and oxygen atoms in total. The highest BCUT2D eigenvalue weighted by Crippen LogP contribution is 2.22. The highest BCUT2D eigenvalue weighted by molar-refractivity contribution is 6.03. The maximum absolute atomic E-state index is 12.4. The van der Waals surface area contributed by atoms with Gasteiger partial charge in [0.25, 0.3) is 5.91 Å². The number of hydrogen-bond acceptors (Lipinski definition) is 4.